The lowest BCUT2D eigenvalue weighted by atomic mass is 10.0. The van der Waals surface area contributed by atoms with E-state index in [1.165, 1.54) is 0 Å². The molecule has 2 aliphatic rings. The minimum Gasteiger partial charge on any atom is -0.367 e. The third-order valence-corrected chi connectivity index (χ3v) is 4.79. The summed E-state index contributed by atoms with van der Waals surface area (Å²) in [7, 11) is 0. The molecule has 3 atom stereocenters. The number of thioether (sulfide) groups is 1. The Kier molecular flexibility index (Phi) is 2.88. The molecule has 0 aliphatic carbocycles. The van der Waals surface area contributed by atoms with Gasteiger partial charge in [0.1, 0.15) is 5.60 Å². The summed E-state index contributed by atoms with van der Waals surface area (Å²) in [4.78, 5) is 4.50. The van der Waals surface area contributed by atoms with Crippen LogP contribution < -0.4 is 5.73 Å². The van der Waals surface area contributed by atoms with Crippen LogP contribution in [0.5, 0.6) is 0 Å². The van der Waals surface area contributed by atoms with Crippen LogP contribution in [0.4, 0.5) is 0 Å². The van der Waals surface area contributed by atoms with Crippen LogP contribution in [0.25, 0.3) is 0 Å². The molecule has 5 nitrogen and oxygen atoms in total. The van der Waals surface area contributed by atoms with Crippen molar-refractivity contribution in [2.45, 2.75) is 37.3 Å². The Bertz CT molecular complexity index is 403. The maximum Gasteiger partial charge on any atom is 0.232 e. The number of hydrogen-bond donors (Lipinski definition) is 1. The average Bonchev–Trinajstić information content (AvgIpc) is 2.97. The van der Waals surface area contributed by atoms with Crippen molar-refractivity contribution in [3.8, 4) is 0 Å². The molecule has 1 aromatic heterocycles. The largest absolute Gasteiger partial charge is 0.367 e. The summed E-state index contributed by atoms with van der Waals surface area (Å²) < 4.78 is 11.1. The molecule has 0 bridgehead atoms. The molecule has 0 saturated carbocycles. The van der Waals surface area contributed by atoms with Crippen molar-refractivity contribution in [3.63, 3.8) is 0 Å². The molecule has 17 heavy (non-hydrogen) atoms. The van der Waals surface area contributed by atoms with Gasteiger partial charge in [0.05, 0.1) is 5.92 Å². The van der Waals surface area contributed by atoms with Gasteiger partial charge < -0.3 is 15.0 Å². The van der Waals surface area contributed by atoms with Gasteiger partial charge in [-0.3, -0.25) is 0 Å². The minimum absolute atomic E-state index is 0.130. The Hall–Kier alpha value is -0.590. The van der Waals surface area contributed by atoms with Gasteiger partial charge in [-0.1, -0.05) is 5.16 Å². The normalized spacial score (nSPS) is 37.8. The highest BCUT2D eigenvalue weighted by molar-refractivity contribution is 7.99. The van der Waals surface area contributed by atoms with Gasteiger partial charge in [-0.2, -0.15) is 16.7 Å². The highest BCUT2D eigenvalue weighted by Crippen LogP contribution is 2.36. The summed E-state index contributed by atoms with van der Waals surface area (Å²) in [5.74, 6) is 3.49. The molecule has 3 unspecified atom stereocenters. The SMILES string of the molecule is CC1(c2noc(C3CSCC3N)n2)CCCO1. The van der Waals surface area contributed by atoms with Crippen LogP contribution in [-0.2, 0) is 10.3 Å². The zero-order valence-corrected chi connectivity index (χ0v) is 10.7. The minimum atomic E-state index is -0.363. The monoisotopic (exact) mass is 255 g/mol. The first-order valence-corrected chi connectivity index (χ1v) is 7.16. The van der Waals surface area contributed by atoms with Gasteiger partial charge in [0.2, 0.25) is 11.7 Å². The number of ether oxygens (including phenoxy) is 1. The Morgan fingerprint density at radius 3 is 3.00 bits per heavy atom. The second kappa shape index (κ2) is 4.26. The van der Waals surface area contributed by atoms with Crippen LogP contribution in [0.1, 0.15) is 37.4 Å². The van der Waals surface area contributed by atoms with Gasteiger partial charge in [-0.25, -0.2) is 0 Å². The molecule has 0 radical (unpaired) electrons. The summed E-state index contributed by atoms with van der Waals surface area (Å²) >= 11 is 1.84. The van der Waals surface area contributed by atoms with Crippen LogP contribution >= 0.6 is 11.8 Å². The van der Waals surface area contributed by atoms with E-state index in [1.807, 2.05) is 18.7 Å². The van der Waals surface area contributed by atoms with Crippen molar-refractivity contribution < 1.29 is 9.26 Å². The molecular formula is C11H17N3O2S. The van der Waals surface area contributed by atoms with E-state index in [9.17, 15) is 0 Å². The van der Waals surface area contributed by atoms with Crippen molar-refractivity contribution >= 4 is 11.8 Å². The Balaban J connectivity index is 1.82. The second-order valence-corrected chi connectivity index (χ2v) is 6.02. The Labute approximate surface area is 104 Å². The molecule has 3 heterocycles. The lowest BCUT2D eigenvalue weighted by Crippen LogP contribution is -2.27. The Morgan fingerprint density at radius 1 is 1.47 bits per heavy atom. The first-order chi connectivity index (χ1) is 8.19. The third kappa shape index (κ3) is 1.98. The van der Waals surface area contributed by atoms with Gasteiger partial charge in [-0.15, -0.1) is 0 Å². The third-order valence-electron chi connectivity index (χ3n) is 3.58. The maximum absolute atomic E-state index is 6.03. The quantitative estimate of drug-likeness (QED) is 0.857. The van der Waals surface area contributed by atoms with Crippen molar-refractivity contribution in [3.05, 3.63) is 11.7 Å². The van der Waals surface area contributed by atoms with Crippen molar-refractivity contribution in [1.29, 1.82) is 0 Å². The highest BCUT2D eigenvalue weighted by Gasteiger charge is 2.38. The van der Waals surface area contributed by atoms with Crippen LogP contribution in [0.2, 0.25) is 0 Å². The zero-order valence-electron chi connectivity index (χ0n) is 9.89. The van der Waals surface area contributed by atoms with Gasteiger partial charge in [0.15, 0.2) is 0 Å². The number of hydrogen-bond acceptors (Lipinski definition) is 6. The number of nitrogens with zero attached hydrogens (tertiary/aromatic N) is 2. The van der Waals surface area contributed by atoms with E-state index in [-0.39, 0.29) is 17.6 Å². The van der Waals surface area contributed by atoms with Gasteiger partial charge in [0, 0.05) is 24.2 Å². The van der Waals surface area contributed by atoms with E-state index in [0.29, 0.717) is 11.7 Å². The van der Waals surface area contributed by atoms with Crippen molar-refractivity contribution in [2.24, 2.45) is 5.73 Å². The van der Waals surface area contributed by atoms with Crippen molar-refractivity contribution in [2.75, 3.05) is 18.1 Å². The van der Waals surface area contributed by atoms with Crippen LogP contribution in [0.3, 0.4) is 0 Å². The molecule has 0 amide bonds. The highest BCUT2D eigenvalue weighted by atomic mass is 32.2. The summed E-state index contributed by atoms with van der Waals surface area (Å²) in [6.07, 6.45) is 2.01. The number of aromatic nitrogens is 2. The van der Waals surface area contributed by atoms with Gasteiger partial charge >= 0.3 is 0 Å². The molecule has 2 aliphatic heterocycles. The standard InChI is InChI=1S/C11H17N3O2S/c1-11(3-2-4-15-11)10-13-9(16-14-10)7-5-17-6-8(7)12/h7-8H,2-6,12H2,1H3. The lowest BCUT2D eigenvalue weighted by Gasteiger charge is -2.17. The fourth-order valence-corrected chi connectivity index (χ4v) is 3.67. The predicted molar refractivity (Wildman–Crippen MR) is 64.9 cm³/mol. The topological polar surface area (TPSA) is 74.2 Å². The van der Waals surface area contributed by atoms with E-state index < -0.39 is 0 Å². The van der Waals surface area contributed by atoms with Gasteiger partial charge in [-0.05, 0) is 19.8 Å². The molecule has 2 saturated heterocycles. The molecule has 1 aromatic rings. The number of nitrogens with two attached hydrogens (primary N) is 1. The molecule has 0 aromatic carbocycles. The smallest absolute Gasteiger partial charge is 0.232 e. The van der Waals surface area contributed by atoms with E-state index >= 15 is 0 Å². The summed E-state index contributed by atoms with van der Waals surface area (Å²) in [5, 5.41) is 4.07. The first kappa shape index (κ1) is 11.5. The average molecular weight is 255 g/mol. The van der Waals surface area contributed by atoms with E-state index in [4.69, 9.17) is 15.0 Å². The van der Waals surface area contributed by atoms with E-state index in [1.54, 1.807) is 0 Å². The molecule has 6 heteroatoms. The predicted octanol–water partition coefficient (Wildman–Crippen LogP) is 1.25. The first-order valence-electron chi connectivity index (χ1n) is 6.00. The fourth-order valence-electron chi connectivity index (χ4n) is 2.38. The van der Waals surface area contributed by atoms with Crippen molar-refractivity contribution in [1.82, 2.24) is 10.1 Å². The van der Waals surface area contributed by atoms with E-state index in [2.05, 4.69) is 10.1 Å². The molecule has 94 valence electrons. The molecule has 0 spiro atoms. The molecule has 2 N–H and O–H groups in total. The second-order valence-electron chi connectivity index (χ2n) is 4.95. The summed E-state index contributed by atoms with van der Waals surface area (Å²) in [5.41, 5.74) is 5.66. The Morgan fingerprint density at radius 2 is 2.35 bits per heavy atom. The summed E-state index contributed by atoms with van der Waals surface area (Å²) in [6, 6.07) is 0.130. The molecule has 2 fully saturated rings. The van der Waals surface area contributed by atoms with Crippen LogP contribution in [0, 0.1) is 0 Å². The number of rotatable bonds is 2. The maximum atomic E-state index is 6.03. The van der Waals surface area contributed by atoms with Crippen LogP contribution in [-0.4, -0.2) is 34.3 Å². The lowest BCUT2D eigenvalue weighted by molar-refractivity contribution is 0.00768. The van der Waals surface area contributed by atoms with E-state index in [0.717, 1.165) is 31.0 Å². The zero-order chi connectivity index (χ0) is 11.9. The fraction of sp³-hybridized carbons (Fsp3) is 0.818. The molecule has 3 rings (SSSR count). The van der Waals surface area contributed by atoms with Crippen LogP contribution in [0.15, 0.2) is 4.52 Å². The van der Waals surface area contributed by atoms with Gasteiger partial charge in [0.25, 0.3) is 0 Å². The summed E-state index contributed by atoms with van der Waals surface area (Å²) in [6.45, 7) is 2.80. The molecular weight excluding hydrogens is 238 g/mol.